The number of amides is 1. The van der Waals surface area contributed by atoms with E-state index >= 15 is 0 Å². The number of fused-ring (bicyclic) bond motifs is 3. The molecule has 0 spiro atoms. The van der Waals surface area contributed by atoms with Gasteiger partial charge in [-0.2, -0.15) is 11.3 Å². The normalized spacial score (nSPS) is 29.1. The Hall–Kier alpha value is -0.910. The lowest BCUT2D eigenvalue weighted by molar-refractivity contribution is 0.0484. The number of ether oxygens (including phenoxy) is 1. The Morgan fingerprint density at radius 1 is 1.39 bits per heavy atom. The van der Waals surface area contributed by atoms with Crippen molar-refractivity contribution in [1.29, 1.82) is 0 Å². The average Bonchev–Trinajstić information content (AvgIpc) is 2.72. The summed E-state index contributed by atoms with van der Waals surface area (Å²) in [4.78, 5) is 16.9. The van der Waals surface area contributed by atoms with E-state index in [9.17, 15) is 4.79 Å². The Bertz CT molecular complexity index is 421. The van der Waals surface area contributed by atoms with Gasteiger partial charge in [-0.1, -0.05) is 0 Å². The fourth-order valence-corrected chi connectivity index (χ4v) is 3.51. The predicted molar refractivity (Wildman–Crippen MR) is 70.9 cm³/mol. The first-order chi connectivity index (χ1) is 8.74. The van der Waals surface area contributed by atoms with Crippen LogP contribution in [-0.4, -0.2) is 61.6 Å². The zero-order valence-electron chi connectivity index (χ0n) is 10.5. The third kappa shape index (κ3) is 2.30. The smallest absolute Gasteiger partial charge is 0.255 e. The molecule has 4 nitrogen and oxygen atoms in total. The highest BCUT2D eigenvalue weighted by molar-refractivity contribution is 7.08. The molecule has 5 heteroatoms. The third-order valence-corrected chi connectivity index (χ3v) is 4.36. The zero-order valence-corrected chi connectivity index (χ0v) is 11.4. The van der Waals surface area contributed by atoms with Crippen LogP contribution in [0.25, 0.3) is 0 Å². The Balaban J connectivity index is 1.85. The minimum atomic E-state index is 0.159. The first kappa shape index (κ1) is 12.1. The van der Waals surface area contributed by atoms with Gasteiger partial charge in [0.25, 0.3) is 5.91 Å². The second kappa shape index (κ2) is 4.99. The highest BCUT2D eigenvalue weighted by atomic mass is 32.1. The molecule has 0 saturated carbocycles. The van der Waals surface area contributed by atoms with Crippen LogP contribution >= 0.6 is 11.3 Å². The standard InChI is InChI=1S/C13H18N2O2S/c1-14-4-10-5-15(12(6-14)8-17-7-10)13(16)11-2-3-18-9-11/h2-3,9-10,12H,4-8H2,1H3/t10-,12-/m0/s1. The molecule has 2 saturated heterocycles. The van der Waals surface area contributed by atoms with Crippen molar-refractivity contribution in [3.05, 3.63) is 22.4 Å². The summed E-state index contributed by atoms with van der Waals surface area (Å²) in [7, 11) is 2.13. The summed E-state index contributed by atoms with van der Waals surface area (Å²) < 4.78 is 5.69. The maximum atomic E-state index is 12.5. The molecule has 2 aliphatic rings. The first-order valence-corrected chi connectivity index (χ1v) is 7.28. The zero-order chi connectivity index (χ0) is 12.5. The van der Waals surface area contributed by atoms with Gasteiger partial charge >= 0.3 is 0 Å². The Morgan fingerprint density at radius 3 is 3.06 bits per heavy atom. The van der Waals surface area contributed by atoms with Crippen molar-refractivity contribution in [1.82, 2.24) is 9.80 Å². The van der Waals surface area contributed by atoms with Gasteiger partial charge in [0.05, 0.1) is 24.8 Å². The number of likely N-dealkylation sites (N-methyl/N-ethyl adjacent to an activating group) is 1. The van der Waals surface area contributed by atoms with E-state index in [0.717, 1.165) is 31.8 Å². The van der Waals surface area contributed by atoms with Gasteiger partial charge in [-0.05, 0) is 18.5 Å². The van der Waals surface area contributed by atoms with Crippen LogP contribution in [0.3, 0.4) is 0 Å². The number of thiophene rings is 1. The molecule has 2 bridgehead atoms. The van der Waals surface area contributed by atoms with Crippen molar-refractivity contribution in [2.45, 2.75) is 6.04 Å². The molecule has 2 fully saturated rings. The SMILES string of the molecule is CN1C[C@@H]2COC[C@H](C1)N(C(=O)c1ccsc1)C2. The van der Waals surface area contributed by atoms with Crippen molar-refractivity contribution >= 4 is 17.2 Å². The van der Waals surface area contributed by atoms with E-state index in [2.05, 4.69) is 11.9 Å². The van der Waals surface area contributed by atoms with Crippen LogP contribution < -0.4 is 0 Å². The molecule has 1 aromatic heterocycles. The van der Waals surface area contributed by atoms with E-state index in [1.807, 2.05) is 21.7 Å². The lowest BCUT2D eigenvalue weighted by atomic mass is 10.1. The molecular weight excluding hydrogens is 248 g/mol. The molecular formula is C13H18N2O2S. The van der Waals surface area contributed by atoms with E-state index < -0.39 is 0 Å². The van der Waals surface area contributed by atoms with E-state index in [4.69, 9.17) is 4.74 Å². The molecule has 2 aliphatic heterocycles. The third-order valence-electron chi connectivity index (χ3n) is 3.68. The Kier molecular flexibility index (Phi) is 3.37. The van der Waals surface area contributed by atoms with Crippen LogP contribution in [-0.2, 0) is 4.74 Å². The van der Waals surface area contributed by atoms with Gasteiger partial charge in [-0.25, -0.2) is 0 Å². The molecule has 2 atom stereocenters. The fourth-order valence-electron chi connectivity index (χ4n) is 2.88. The molecule has 3 rings (SSSR count). The quantitative estimate of drug-likeness (QED) is 0.764. The summed E-state index contributed by atoms with van der Waals surface area (Å²) in [6.45, 7) is 4.19. The molecule has 0 aliphatic carbocycles. The van der Waals surface area contributed by atoms with Crippen LogP contribution in [0.4, 0.5) is 0 Å². The van der Waals surface area contributed by atoms with Crippen molar-refractivity contribution < 1.29 is 9.53 Å². The number of nitrogens with zero attached hydrogens (tertiary/aromatic N) is 2. The maximum absolute atomic E-state index is 12.5. The number of carbonyl (C=O) groups excluding carboxylic acids is 1. The molecule has 3 heterocycles. The van der Waals surface area contributed by atoms with Crippen molar-refractivity contribution in [2.24, 2.45) is 5.92 Å². The summed E-state index contributed by atoms with van der Waals surface area (Å²) in [6, 6.07) is 2.10. The van der Waals surface area contributed by atoms with Gasteiger partial charge in [-0.3, -0.25) is 4.79 Å². The molecule has 98 valence electrons. The van der Waals surface area contributed by atoms with E-state index in [-0.39, 0.29) is 11.9 Å². The van der Waals surface area contributed by atoms with E-state index in [1.54, 1.807) is 11.3 Å². The molecule has 0 N–H and O–H groups in total. The minimum Gasteiger partial charge on any atom is -0.379 e. The number of hydrogen-bond acceptors (Lipinski definition) is 4. The maximum Gasteiger partial charge on any atom is 0.255 e. The van der Waals surface area contributed by atoms with E-state index in [1.165, 1.54) is 0 Å². The van der Waals surface area contributed by atoms with Gasteiger partial charge < -0.3 is 14.5 Å². The second-order valence-corrected chi connectivity index (χ2v) is 6.03. The van der Waals surface area contributed by atoms with Crippen LogP contribution in [0.2, 0.25) is 0 Å². The lowest BCUT2D eigenvalue weighted by Crippen LogP contribution is -2.45. The summed E-state index contributed by atoms with van der Waals surface area (Å²) in [5.41, 5.74) is 0.815. The molecule has 1 amide bonds. The largest absolute Gasteiger partial charge is 0.379 e. The van der Waals surface area contributed by atoms with Crippen molar-refractivity contribution in [3.8, 4) is 0 Å². The topological polar surface area (TPSA) is 32.8 Å². The monoisotopic (exact) mass is 266 g/mol. The van der Waals surface area contributed by atoms with Gasteiger partial charge in [0, 0.05) is 30.9 Å². The van der Waals surface area contributed by atoms with Crippen molar-refractivity contribution in [2.75, 3.05) is 39.9 Å². The molecule has 0 radical (unpaired) electrons. The van der Waals surface area contributed by atoms with Gasteiger partial charge in [0.2, 0.25) is 0 Å². The summed E-state index contributed by atoms with van der Waals surface area (Å²) in [5.74, 6) is 0.595. The summed E-state index contributed by atoms with van der Waals surface area (Å²) in [6.07, 6.45) is 0. The van der Waals surface area contributed by atoms with Gasteiger partial charge in [-0.15, -0.1) is 0 Å². The van der Waals surface area contributed by atoms with Gasteiger partial charge in [0.15, 0.2) is 0 Å². The van der Waals surface area contributed by atoms with Crippen LogP contribution in [0.1, 0.15) is 10.4 Å². The second-order valence-electron chi connectivity index (χ2n) is 5.25. The van der Waals surface area contributed by atoms with Crippen LogP contribution in [0.15, 0.2) is 16.8 Å². The van der Waals surface area contributed by atoms with Crippen LogP contribution in [0.5, 0.6) is 0 Å². The van der Waals surface area contributed by atoms with Crippen LogP contribution in [0, 0.1) is 5.92 Å². The Morgan fingerprint density at radius 2 is 2.28 bits per heavy atom. The first-order valence-electron chi connectivity index (χ1n) is 6.33. The highest BCUT2D eigenvalue weighted by Crippen LogP contribution is 2.21. The molecule has 18 heavy (non-hydrogen) atoms. The predicted octanol–water partition coefficient (Wildman–Crippen LogP) is 1.15. The molecule has 0 unspecified atom stereocenters. The number of rotatable bonds is 1. The lowest BCUT2D eigenvalue weighted by Gasteiger charge is -2.29. The van der Waals surface area contributed by atoms with Crippen molar-refractivity contribution in [3.63, 3.8) is 0 Å². The van der Waals surface area contributed by atoms with Gasteiger partial charge in [0.1, 0.15) is 0 Å². The average molecular weight is 266 g/mol. The fraction of sp³-hybridized carbons (Fsp3) is 0.615. The molecule has 1 aromatic rings. The van der Waals surface area contributed by atoms with E-state index in [0.29, 0.717) is 12.5 Å². The highest BCUT2D eigenvalue weighted by Gasteiger charge is 2.35. The molecule has 0 aromatic carbocycles. The summed E-state index contributed by atoms with van der Waals surface area (Å²) in [5, 5.41) is 3.89. The minimum absolute atomic E-state index is 0.159. The Labute approximate surface area is 111 Å². The summed E-state index contributed by atoms with van der Waals surface area (Å²) >= 11 is 1.57. The number of hydrogen-bond donors (Lipinski definition) is 0. The number of carbonyl (C=O) groups is 1.